The highest BCUT2D eigenvalue weighted by Crippen LogP contribution is 2.20. The lowest BCUT2D eigenvalue weighted by atomic mass is 10.2. The Morgan fingerprint density at radius 3 is 2.76 bits per heavy atom. The molecule has 1 rings (SSSR count). The van der Waals surface area contributed by atoms with Gasteiger partial charge in [-0.1, -0.05) is 0 Å². The smallest absolute Gasteiger partial charge is 0.326 e. The van der Waals surface area contributed by atoms with E-state index in [0.717, 1.165) is 12.2 Å². The number of nitrogens with zero attached hydrogens (tertiary/aromatic N) is 2. The Morgan fingerprint density at radius 2 is 2.24 bits per heavy atom. The molecule has 2 amide bonds. The minimum atomic E-state index is -0.901. The highest BCUT2D eigenvalue weighted by molar-refractivity contribution is 7.98. The van der Waals surface area contributed by atoms with Crippen molar-refractivity contribution in [2.75, 3.05) is 25.6 Å². The second kappa shape index (κ2) is 6.14. The summed E-state index contributed by atoms with van der Waals surface area (Å²) >= 11 is 1.68. The summed E-state index contributed by atoms with van der Waals surface area (Å²) in [5, 5.41) is 9.04. The maximum Gasteiger partial charge on any atom is 0.326 e. The summed E-state index contributed by atoms with van der Waals surface area (Å²) in [6.07, 6.45) is 3.32. The molecular formula is C11H20N2O3S. The maximum absolute atomic E-state index is 12.2. The average Bonchev–Trinajstić information content (AvgIpc) is 2.76. The number of urea groups is 1. The van der Waals surface area contributed by atoms with Crippen molar-refractivity contribution >= 4 is 23.8 Å². The second-order valence-electron chi connectivity index (χ2n) is 4.39. The average molecular weight is 260 g/mol. The molecule has 0 aromatic heterocycles. The molecule has 0 radical (unpaired) electrons. The van der Waals surface area contributed by atoms with E-state index in [9.17, 15) is 9.59 Å². The number of hydrogen-bond donors (Lipinski definition) is 1. The zero-order chi connectivity index (χ0) is 13.0. The van der Waals surface area contributed by atoms with Crippen LogP contribution < -0.4 is 0 Å². The molecule has 2 atom stereocenters. The van der Waals surface area contributed by atoms with Gasteiger partial charge in [0.2, 0.25) is 0 Å². The molecule has 1 unspecified atom stereocenters. The molecule has 0 bridgehead atoms. The van der Waals surface area contributed by atoms with Crippen molar-refractivity contribution in [3.8, 4) is 0 Å². The van der Waals surface area contributed by atoms with Crippen LogP contribution in [0.2, 0.25) is 0 Å². The SMILES string of the molecule is CSCC(C)N(C)C(=O)N1CCC[C@@H]1C(=O)O. The third-order valence-electron chi connectivity index (χ3n) is 3.15. The predicted octanol–water partition coefficient (Wildman–Crippen LogP) is 1.34. The molecule has 1 N–H and O–H groups in total. The number of hydrogen-bond acceptors (Lipinski definition) is 3. The van der Waals surface area contributed by atoms with Gasteiger partial charge in [-0.3, -0.25) is 0 Å². The summed E-state index contributed by atoms with van der Waals surface area (Å²) in [6.45, 7) is 2.52. The first-order valence-electron chi connectivity index (χ1n) is 5.74. The normalized spacial score (nSPS) is 21.4. The highest BCUT2D eigenvalue weighted by Gasteiger charge is 2.36. The van der Waals surface area contributed by atoms with Crippen molar-refractivity contribution in [2.24, 2.45) is 0 Å². The summed E-state index contributed by atoms with van der Waals surface area (Å²) in [7, 11) is 1.74. The first kappa shape index (κ1) is 14.2. The van der Waals surface area contributed by atoms with Crippen LogP contribution in [0.5, 0.6) is 0 Å². The van der Waals surface area contributed by atoms with E-state index >= 15 is 0 Å². The summed E-state index contributed by atoms with van der Waals surface area (Å²) in [6, 6.07) is -0.699. The van der Waals surface area contributed by atoms with Crippen LogP contribution in [0.4, 0.5) is 4.79 Å². The number of amides is 2. The molecule has 1 aliphatic rings. The van der Waals surface area contributed by atoms with Crippen molar-refractivity contribution in [3.63, 3.8) is 0 Å². The molecule has 1 aliphatic heterocycles. The fourth-order valence-corrected chi connectivity index (χ4v) is 2.70. The van der Waals surface area contributed by atoms with Crippen LogP contribution in [0.25, 0.3) is 0 Å². The monoisotopic (exact) mass is 260 g/mol. The quantitative estimate of drug-likeness (QED) is 0.828. The molecular weight excluding hydrogens is 240 g/mol. The van der Waals surface area contributed by atoms with Gasteiger partial charge in [-0.15, -0.1) is 0 Å². The molecule has 98 valence electrons. The van der Waals surface area contributed by atoms with Gasteiger partial charge in [0.1, 0.15) is 6.04 Å². The molecule has 0 aliphatic carbocycles. The van der Waals surface area contributed by atoms with E-state index in [1.54, 1.807) is 23.7 Å². The van der Waals surface area contributed by atoms with Crippen LogP contribution in [0, 0.1) is 0 Å². The lowest BCUT2D eigenvalue weighted by molar-refractivity contribution is -0.141. The van der Waals surface area contributed by atoms with Crippen molar-refractivity contribution < 1.29 is 14.7 Å². The van der Waals surface area contributed by atoms with E-state index in [2.05, 4.69) is 0 Å². The fourth-order valence-electron chi connectivity index (χ4n) is 2.00. The fraction of sp³-hybridized carbons (Fsp3) is 0.818. The second-order valence-corrected chi connectivity index (χ2v) is 5.30. The van der Waals surface area contributed by atoms with Gasteiger partial charge >= 0.3 is 12.0 Å². The summed E-state index contributed by atoms with van der Waals surface area (Å²) in [5.41, 5.74) is 0. The van der Waals surface area contributed by atoms with Gasteiger partial charge in [-0.05, 0) is 26.0 Å². The van der Waals surface area contributed by atoms with E-state index in [1.807, 2.05) is 13.2 Å². The maximum atomic E-state index is 12.2. The minimum Gasteiger partial charge on any atom is -0.480 e. The van der Waals surface area contributed by atoms with Crippen molar-refractivity contribution in [2.45, 2.75) is 31.8 Å². The van der Waals surface area contributed by atoms with Gasteiger partial charge in [0, 0.05) is 25.4 Å². The molecule has 1 saturated heterocycles. The van der Waals surface area contributed by atoms with Crippen LogP contribution in [0.15, 0.2) is 0 Å². The lowest BCUT2D eigenvalue weighted by Crippen LogP contribution is -2.49. The molecule has 0 aromatic rings. The Kier molecular flexibility index (Phi) is 5.11. The van der Waals surface area contributed by atoms with Crippen LogP contribution in [0.3, 0.4) is 0 Å². The van der Waals surface area contributed by atoms with E-state index < -0.39 is 12.0 Å². The Morgan fingerprint density at radius 1 is 1.59 bits per heavy atom. The zero-order valence-corrected chi connectivity index (χ0v) is 11.4. The standard InChI is InChI=1S/C11H20N2O3S/c1-8(7-17-3)12(2)11(16)13-6-4-5-9(13)10(14)15/h8-9H,4-7H2,1-3H3,(H,14,15)/t8?,9-/m1/s1. The van der Waals surface area contributed by atoms with Crippen LogP contribution in [-0.2, 0) is 4.79 Å². The van der Waals surface area contributed by atoms with Gasteiger partial charge in [0.15, 0.2) is 0 Å². The van der Waals surface area contributed by atoms with Crippen LogP contribution in [0.1, 0.15) is 19.8 Å². The molecule has 0 saturated carbocycles. The van der Waals surface area contributed by atoms with Crippen molar-refractivity contribution in [1.82, 2.24) is 9.80 Å². The topological polar surface area (TPSA) is 60.9 Å². The van der Waals surface area contributed by atoms with Gasteiger partial charge in [-0.2, -0.15) is 11.8 Å². The first-order valence-corrected chi connectivity index (χ1v) is 7.13. The minimum absolute atomic E-state index is 0.118. The molecule has 0 aromatic carbocycles. The van der Waals surface area contributed by atoms with E-state index in [1.165, 1.54) is 4.90 Å². The molecule has 0 spiro atoms. The number of carbonyl (C=O) groups is 2. The van der Waals surface area contributed by atoms with Crippen molar-refractivity contribution in [1.29, 1.82) is 0 Å². The number of rotatable bonds is 4. The molecule has 6 heteroatoms. The number of thioether (sulfide) groups is 1. The third-order valence-corrected chi connectivity index (χ3v) is 3.97. The van der Waals surface area contributed by atoms with E-state index in [4.69, 9.17) is 5.11 Å². The predicted molar refractivity (Wildman–Crippen MR) is 68.4 cm³/mol. The van der Waals surface area contributed by atoms with Gasteiger partial charge < -0.3 is 14.9 Å². The number of aliphatic carboxylic acids is 1. The Bertz CT molecular complexity index is 298. The number of likely N-dealkylation sites (tertiary alicyclic amines) is 1. The van der Waals surface area contributed by atoms with Crippen LogP contribution >= 0.6 is 11.8 Å². The van der Waals surface area contributed by atoms with Gasteiger partial charge in [-0.25, -0.2) is 9.59 Å². The van der Waals surface area contributed by atoms with Crippen molar-refractivity contribution in [3.05, 3.63) is 0 Å². The number of carboxylic acids is 1. The summed E-state index contributed by atoms with van der Waals surface area (Å²) in [5.74, 6) is -0.0462. The number of carboxylic acid groups (broad SMARTS) is 1. The Hall–Kier alpha value is -0.910. The van der Waals surface area contributed by atoms with Gasteiger partial charge in [0.25, 0.3) is 0 Å². The van der Waals surface area contributed by atoms with Gasteiger partial charge in [0.05, 0.1) is 0 Å². The Balaban J connectivity index is 2.65. The largest absolute Gasteiger partial charge is 0.480 e. The number of carbonyl (C=O) groups excluding carboxylic acids is 1. The zero-order valence-electron chi connectivity index (χ0n) is 10.5. The summed E-state index contributed by atoms with van der Waals surface area (Å²) in [4.78, 5) is 26.3. The van der Waals surface area contributed by atoms with E-state index in [0.29, 0.717) is 13.0 Å². The Labute approximate surface area is 106 Å². The van der Waals surface area contributed by atoms with E-state index in [-0.39, 0.29) is 12.1 Å². The molecule has 1 heterocycles. The molecule has 5 nitrogen and oxygen atoms in total. The summed E-state index contributed by atoms with van der Waals surface area (Å²) < 4.78 is 0. The molecule has 1 fully saturated rings. The van der Waals surface area contributed by atoms with Crippen LogP contribution in [-0.4, -0.2) is 64.6 Å². The third kappa shape index (κ3) is 3.28. The lowest BCUT2D eigenvalue weighted by Gasteiger charge is -2.31. The molecule has 17 heavy (non-hydrogen) atoms. The first-order chi connectivity index (χ1) is 7.99. The highest BCUT2D eigenvalue weighted by atomic mass is 32.2.